The first-order chi connectivity index (χ1) is 9.56. The lowest BCUT2D eigenvalue weighted by molar-refractivity contribution is -0.149. The van der Waals surface area contributed by atoms with E-state index in [4.69, 9.17) is 21.1 Å². The minimum Gasteiger partial charge on any atom is -0.496 e. The number of methoxy groups -OCH3 is 1. The molecule has 0 saturated carbocycles. The number of esters is 1. The van der Waals surface area contributed by atoms with Gasteiger partial charge in [-0.05, 0) is 19.1 Å². The smallest absolute Gasteiger partial charge is 0.331 e. The Kier molecular flexibility index (Phi) is 6.27. The van der Waals surface area contributed by atoms with E-state index in [1.54, 1.807) is 25.1 Å². The molecule has 0 radical (unpaired) electrons. The molecule has 0 aromatic heterocycles. The van der Waals surface area contributed by atoms with Crippen LogP contribution in [-0.4, -0.2) is 37.2 Å². The molecule has 110 valence electrons. The first-order valence-electron chi connectivity index (χ1n) is 5.93. The van der Waals surface area contributed by atoms with Crippen LogP contribution in [0.5, 0.6) is 5.75 Å². The fraction of sp³-hybridized carbons (Fsp3) is 0.385. The average Bonchev–Trinajstić information content (AvgIpc) is 2.43. The minimum absolute atomic E-state index is 0.127. The Labute approximate surface area is 121 Å². The van der Waals surface area contributed by atoms with Crippen LogP contribution in [0.4, 0.5) is 0 Å². The summed E-state index contributed by atoms with van der Waals surface area (Å²) in [4.78, 5) is 22.4. The first kappa shape index (κ1) is 16.3. The normalized spacial score (nSPS) is 13.2. The van der Waals surface area contributed by atoms with Crippen molar-refractivity contribution in [2.24, 2.45) is 0 Å². The van der Waals surface area contributed by atoms with Gasteiger partial charge in [-0.1, -0.05) is 17.7 Å². The van der Waals surface area contributed by atoms with E-state index >= 15 is 0 Å². The van der Waals surface area contributed by atoms with Gasteiger partial charge in [-0.2, -0.15) is 0 Å². The highest BCUT2D eigenvalue weighted by molar-refractivity contribution is 6.31. The Morgan fingerprint density at radius 1 is 1.55 bits per heavy atom. The van der Waals surface area contributed by atoms with E-state index in [0.717, 1.165) is 0 Å². The maximum atomic E-state index is 11.8. The van der Waals surface area contributed by atoms with Crippen molar-refractivity contribution < 1.29 is 24.2 Å². The number of ether oxygens (including phenoxy) is 2. The Morgan fingerprint density at radius 2 is 2.25 bits per heavy atom. The highest BCUT2D eigenvalue weighted by atomic mass is 35.5. The summed E-state index contributed by atoms with van der Waals surface area (Å²) in [5.41, 5.74) is 0.212. The van der Waals surface area contributed by atoms with E-state index < -0.39 is 18.1 Å². The van der Waals surface area contributed by atoms with Crippen LogP contribution in [0.1, 0.15) is 18.6 Å². The van der Waals surface area contributed by atoms with Gasteiger partial charge in [0.15, 0.2) is 6.04 Å². The molecule has 0 bridgehead atoms. The van der Waals surface area contributed by atoms with Gasteiger partial charge in [0.2, 0.25) is 6.41 Å². The highest BCUT2D eigenvalue weighted by Crippen LogP contribution is 2.33. The zero-order chi connectivity index (χ0) is 15.1. The molecule has 1 aromatic rings. The molecule has 0 aliphatic carbocycles. The van der Waals surface area contributed by atoms with E-state index in [1.165, 1.54) is 7.11 Å². The predicted octanol–water partition coefficient (Wildman–Crippen LogP) is 1.06. The number of hydrogen-bond acceptors (Lipinski definition) is 5. The molecule has 0 spiro atoms. The van der Waals surface area contributed by atoms with Crippen LogP contribution in [0.3, 0.4) is 0 Å². The number of benzene rings is 1. The summed E-state index contributed by atoms with van der Waals surface area (Å²) in [5.74, 6) is -0.443. The molecule has 0 aliphatic rings. The fourth-order valence-corrected chi connectivity index (χ4v) is 2.02. The molecule has 20 heavy (non-hydrogen) atoms. The Balaban J connectivity index is 3.14. The summed E-state index contributed by atoms with van der Waals surface area (Å²) in [6, 6.07) is 3.52. The molecule has 0 saturated heterocycles. The van der Waals surface area contributed by atoms with Gasteiger partial charge in [0.1, 0.15) is 11.9 Å². The third kappa shape index (κ3) is 3.61. The van der Waals surface area contributed by atoms with Gasteiger partial charge in [0, 0.05) is 5.56 Å². The van der Waals surface area contributed by atoms with Crippen molar-refractivity contribution in [3.05, 3.63) is 28.8 Å². The van der Waals surface area contributed by atoms with Crippen molar-refractivity contribution in [3.8, 4) is 5.75 Å². The summed E-state index contributed by atoms with van der Waals surface area (Å²) in [6.45, 7) is 1.75. The monoisotopic (exact) mass is 301 g/mol. The van der Waals surface area contributed by atoms with Gasteiger partial charge in [0.05, 0.1) is 18.7 Å². The van der Waals surface area contributed by atoms with Crippen molar-refractivity contribution in [2.75, 3.05) is 13.7 Å². The van der Waals surface area contributed by atoms with E-state index in [2.05, 4.69) is 5.32 Å². The lowest BCUT2D eigenvalue weighted by atomic mass is 10.0. The molecule has 1 amide bonds. The predicted molar refractivity (Wildman–Crippen MR) is 72.6 cm³/mol. The third-order valence-corrected chi connectivity index (χ3v) is 2.96. The zero-order valence-electron chi connectivity index (χ0n) is 11.1. The highest BCUT2D eigenvalue weighted by Gasteiger charge is 2.32. The van der Waals surface area contributed by atoms with Crippen molar-refractivity contribution in [1.29, 1.82) is 0 Å². The molecule has 6 nitrogen and oxygen atoms in total. The molecule has 1 rings (SSSR count). The van der Waals surface area contributed by atoms with Crippen LogP contribution in [0, 0.1) is 0 Å². The number of rotatable bonds is 7. The molecule has 2 unspecified atom stereocenters. The van der Waals surface area contributed by atoms with Crippen molar-refractivity contribution in [3.63, 3.8) is 0 Å². The quantitative estimate of drug-likeness (QED) is 0.581. The molecule has 2 N–H and O–H groups in total. The van der Waals surface area contributed by atoms with Crippen LogP contribution in [0.2, 0.25) is 5.02 Å². The second kappa shape index (κ2) is 7.72. The van der Waals surface area contributed by atoms with Gasteiger partial charge in [-0.25, -0.2) is 4.79 Å². The van der Waals surface area contributed by atoms with Gasteiger partial charge in [-0.3, -0.25) is 4.79 Å². The standard InChI is InChI=1S/C13H16ClNO5/c1-3-20-13(18)11(15-7-16)12(17)10-8(14)5-4-6-9(10)19-2/h4-7,11-12,17H,3H2,1-2H3,(H,15,16). The van der Waals surface area contributed by atoms with Crippen molar-refractivity contribution in [2.45, 2.75) is 19.1 Å². The summed E-state index contributed by atoms with van der Waals surface area (Å²) in [6.07, 6.45) is -1.07. The maximum absolute atomic E-state index is 11.8. The largest absolute Gasteiger partial charge is 0.496 e. The number of nitrogens with one attached hydrogen (secondary N) is 1. The third-order valence-electron chi connectivity index (χ3n) is 2.63. The maximum Gasteiger partial charge on any atom is 0.331 e. The van der Waals surface area contributed by atoms with E-state index in [9.17, 15) is 14.7 Å². The molecule has 2 atom stereocenters. The van der Waals surface area contributed by atoms with E-state index in [-0.39, 0.29) is 17.2 Å². The molecular weight excluding hydrogens is 286 g/mol. The molecule has 0 aliphatic heterocycles. The van der Waals surface area contributed by atoms with Gasteiger partial charge >= 0.3 is 5.97 Å². The van der Waals surface area contributed by atoms with Crippen LogP contribution in [0.25, 0.3) is 0 Å². The van der Waals surface area contributed by atoms with Crippen LogP contribution >= 0.6 is 11.6 Å². The lowest BCUT2D eigenvalue weighted by Crippen LogP contribution is -2.42. The van der Waals surface area contributed by atoms with E-state index in [1.807, 2.05) is 0 Å². The van der Waals surface area contributed by atoms with Gasteiger partial charge in [-0.15, -0.1) is 0 Å². The average molecular weight is 302 g/mol. The number of halogens is 1. The molecule has 1 aromatic carbocycles. The first-order valence-corrected chi connectivity index (χ1v) is 6.31. The van der Waals surface area contributed by atoms with Crippen LogP contribution in [-0.2, 0) is 14.3 Å². The number of carbonyl (C=O) groups excluding carboxylic acids is 2. The fourth-order valence-electron chi connectivity index (χ4n) is 1.74. The lowest BCUT2D eigenvalue weighted by Gasteiger charge is -2.23. The number of hydrogen-bond donors (Lipinski definition) is 2. The second-order valence-electron chi connectivity index (χ2n) is 3.81. The molecule has 0 fully saturated rings. The SMILES string of the molecule is CCOC(=O)C(NC=O)C(O)c1c(Cl)cccc1OC. The molecule has 0 heterocycles. The zero-order valence-corrected chi connectivity index (χ0v) is 11.9. The Morgan fingerprint density at radius 3 is 2.80 bits per heavy atom. The number of amides is 1. The second-order valence-corrected chi connectivity index (χ2v) is 4.22. The number of aliphatic hydroxyl groups excluding tert-OH is 1. The van der Waals surface area contributed by atoms with Crippen LogP contribution in [0.15, 0.2) is 18.2 Å². The molecule has 7 heteroatoms. The summed E-state index contributed by atoms with van der Waals surface area (Å²) in [5, 5.41) is 12.8. The van der Waals surface area contributed by atoms with E-state index in [0.29, 0.717) is 12.2 Å². The summed E-state index contributed by atoms with van der Waals surface area (Å²) >= 11 is 6.02. The van der Waals surface area contributed by atoms with Gasteiger partial charge in [0.25, 0.3) is 0 Å². The topological polar surface area (TPSA) is 84.9 Å². The Bertz CT molecular complexity index is 480. The Hall–Kier alpha value is -1.79. The van der Waals surface area contributed by atoms with Crippen molar-refractivity contribution >= 4 is 24.0 Å². The van der Waals surface area contributed by atoms with Gasteiger partial charge < -0.3 is 19.9 Å². The molecular formula is C13H16ClNO5. The number of carbonyl (C=O) groups is 2. The van der Waals surface area contributed by atoms with Crippen LogP contribution < -0.4 is 10.1 Å². The summed E-state index contributed by atoms with van der Waals surface area (Å²) in [7, 11) is 1.41. The summed E-state index contributed by atoms with van der Waals surface area (Å²) < 4.78 is 9.91. The number of aliphatic hydroxyl groups is 1. The van der Waals surface area contributed by atoms with Crippen molar-refractivity contribution in [1.82, 2.24) is 5.32 Å². The minimum atomic E-state index is -1.39.